The van der Waals surface area contributed by atoms with Gasteiger partial charge in [-0.05, 0) is 78.9 Å². The molecule has 0 heterocycles. The smallest absolute Gasteiger partial charge is 0.118 e. The molecule has 5 heteroatoms. The van der Waals surface area contributed by atoms with E-state index >= 15 is 0 Å². The SMILES string of the molecule is COc1ccc(C=NC2CCC(OC)C(N=Cc3ccc(OC)cc3)C2)cc1. The standard InChI is InChI=1S/C23H28N2O3/c1-26-20-9-4-17(5-10-20)15-24-19-8-13-23(28-3)22(14-19)25-16-18-6-11-21(27-2)12-7-18/h4-7,9-12,15-16,19,22-23H,8,13-14H2,1-3H3. The zero-order valence-electron chi connectivity index (χ0n) is 16.7. The molecule has 5 nitrogen and oxygen atoms in total. The van der Waals surface area contributed by atoms with Gasteiger partial charge in [0, 0.05) is 19.5 Å². The summed E-state index contributed by atoms with van der Waals surface area (Å²) in [7, 11) is 5.10. The van der Waals surface area contributed by atoms with Gasteiger partial charge in [-0.2, -0.15) is 0 Å². The number of benzene rings is 2. The second-order valence-corrected chi connectivity index (χ2v) is 6.91. The van der Waals surface area contributed by atoms with Crippen LogP contribution in [0.1, 0.15) is 30.4 Å². The monoisotopic (exact) mass is 380 g/mol. The first kappa shape index (κ1) is 20.1. The third kappa shape index (κ3) is 5.42. The van der Waals surface area contributed by atoms with E-state index in [9.17, 15) is 0 Å². The fraction of sp³-hybridized carbons (Fsp3) is 0.391. The molecule has 28 heavy (non-hydrogen) atoms. The van der Waals surface area contributed by atoms with Gasteiger partial charge in [0.25, 0.3) is 0 Å². The van der Waals surface area contributed by atoms with Gasteiger partial charge in [0.2, 0.25) is 0 Å². The van der Waals surface area contributed by atoms with Crippen molar-refractivity contribution < 1.29 is 14.2 Å². The summed E-state index contributed by atoms with van der Waals surface area (Å²) in [5.74, 6) is 1.70. The first-order valence-electron chi connectivity index (χ1n) is 9.59. The summed E-state index contributed by atoms with van der Waals surface area (Å²) in [5.41, 5.74) is 2.13. The second-order valence-electron chi connectivity index (χ2n) is 6.91. The highest BCUT2D eigenvalue weighted by atomic mass is 16.5. The Hall–Kier alpha value is -2.66. The van der Waals surface area contributed by atoms with Crippen molar-refractivity contribution in [2.75, 3.05) is 21.3 Å². The summed E-state index contributed by atoms with van der Waals surface area (Å²) < 4.78 is 16.1. The minimum Gasteiger partial charge on any atom is -0.497 e. The van der Waals surface area contributed by atoms with Crippen LogP contribution >= 0.6 is 0 Å². The highest BCUT2D eigenvalue weighted by Crippen LogP contribution is 2.26. The summed E-state index contributed by atoms with van der Waals surface area (Å²) in [6.07, 6.45) is 6.87. The van der Waals surface area contributed by atoms with Crippen LogP contribution in [0.2, 0.25) is 0 Å². The van der Waals surface area contributed by atoms with Crippen molar-refractivity contribution in [2.45, 2.75) is 37.5 Å². The van der Waals surface area contributed by atoms with E-state index in [2.05, 4.69) is 0 Å². The first-order valence-corrected chi connectivity index (χ1v) is 9.59. The zero-order valence-corrected chi connectivity index (χ0v) is 16.7. The van der Waals surface area contributed by atoms with Crippen LogP contribution in [0.3, 0.4) is 0 Å². The normalized spacial score (nSPS) is 22.6. The molecule has 2 aromatic carbocycles. The molecule has 0 radical (unpaired) electrons. The molecule has 2 aromatic rings. The Morgan fingerprint density at radius 1 is 0.750 bits per heavy atom. The van der Waals surface area contributed by atoms with E-state index in [0.717, 1.165) is 41.9 Å². The summed E-state index contributed by atoms with van der Waals surface area (Å²) >= 11 is 0. The maximum absolute atomic E-state index is 5.67. The molecule has 3 atom stereocenters. The summed E-state index contributed by atoms with van der Waals surface area (Å²) in [6.45, 7) is 0. The molecule has 0 N–H and O–H groups in total. The molecule has 0 bridgehead atoms. The predicted octanol–water partition coefficient (Wildman–Crippen LogP) is 4.18. The van der Waals surface area contributed by atoms with Crippen LogP contribution in [-0.2, 0) is 4.74 Å². The Kier molecular flexibility index (Phi) is 7.20. The molecule has 1 fully saturated rings. The van der Waals surface area contributed by atoms with Gasteiger partial charge < -0.3 is 14.2 Å². The lowest BCUT2D eigenvalue weighted by molar-refractivity contribution is 0.0511. The van der Waals surface area contributed by atoms with Crippen molar-refractivity contribution in [2.24, 2.45) is 9.98 Å². The van der Waals surface area contributed by atoms with Gasteiger partial charge in [-0.1, -0.05) is 0 Å². The van der Waals surface area contributed by atoms with Crippen LogP contribution < -0.4 is 9.47 Å². The number of aliphatic imine (C=N–C) groups is 2. The predicted molar refractivity (Wildman–Crippen MR) is 113 cm³/mol. The van der Waals surface area contributed by atoms with Crippen molar-refractivity contribution in [3.05, 3.63) is 59.7 Å². The third-order valence-corrected chi connectivity index (χ3v) is 5.11. The number of hydrogen-bond acceptors (Lipinski definition) is 5. The number of nitrogens with zero attached hydrogens (tertiary/aromatic N) is 2. The van der Waals surface area contributed by atoms with Gasteiger partial charge in [0.05, 0.1) is 32.4 Å². The topological polar surface area (TPSA) is 52.4 Å². The lowest BCUT2D eigenvalue weighted by Gasteiger charge is -2.31. The third-order valence-electron chi connectivity index (χ3n) is 5.11. The van der Waals surface area contributed by atoms with Gasteiger partial charge in [-0.25, -0.2) is 0 Å². The van der Waals surface area contributed by atoms with Crippen LogP contribution in [-0.4, -0.2) is 51.9 Å². The lowest BCUT2D eigenvalue weighted by atomic mass is 9.89. The van der Waals surface area contributed by atoms with Gasteiger partial charge in [-0.15, -0.1) is 0 Å². The fourth-order valence-corrected chi connectivity index (χ4v) is 3.42. The Morgan fingerprint density at radius 2 is 1.29 bits per heavy atom. The van der Waals surface area contributed by atoms with Crippen molar-refractivity contribution >= 4 is 12.4 Å². The summed E-state index contributed by atoms with van der Waals surface area (Å²) in [5, 5.41) is 0. The highest BCUT2D eigenvalue weighted by molar-refractivity contribution is 5.80. The highest BCUT2D eigenvalue weighted by Gasteiger charge is 2.29. The Labute approximate surface area is 167 Å². The van der Waals surface area contributed by atoms with E-state index in [1.807, 2.05) is 61.0 Å². The first-order chi connectivity index (χ1) is 13.7. The van der Waals surface area contributed by atoms with E-state index in [0.29, 0.717) is 0 Å². The zero-order chi connectivity index (χ0) is 19.8. The molecule has 1 aliphatic carbocycles. The largest absolute Gasteiger partial charge is 0.497 e. The van der Waals surface area contributed by atoms with Crippen LogP contribution in [0.5, 0.6) is 11.5 Å². The average Bonchev–Trinajstić information content (AvgIpc) is 2.77. The van der Waals surface area contributed by atoms with E-state index in [-0.39, 0.29) is 18.2 Å². The minimum atomic E-state index is 0.110. The van der Waals surface area contributed by atoms with E-state index in [1.54, 1.807) is 21.3 Å². The molecule has 1 aliphatic rings. The van der Waals surface area contributed by atoms with Crippen LogP contribution in [0, 0.1) is 0 Å². The second kappa shape index (κ2) is 10.0. The van der Waals surface area contributed by atoms with Gasteiger partial charge in [0.1, 0.15) is 11.5 Å². The average molecular weight is 380 g/mol. The maximum Gasteiger partial charge on any atom is 0.118 e. The van der Waals surface area contributed by atoms with Crippen molar-refractivity contribution in [3.8, 4) is 11.5 Å². The van der Waals surface area contributed by atoms with Crippen molar-refractivity contribution in [1.82, 2.24) is 0 Å². The molecule has 148 valence electrons. The number of methoxy groups -OCH3 is 3. The molecule has 0 aromatic heterocycles. The van der Waals surface area contributed by atoms with E-state index in [1.165, 1.54) is 0 Å². The molecular formula is C23H28N2O3. The molecular weight excluding hydrogens is 352 g/mol. The minimum absolute atomic E-state index is 0.110. The van der Waals surface area contributed by atoms with Gasteiger partial charge in [-0.3, -0.25) is 9.98 Å². The number of rotatable bonds is 7. The Balaban J connectivity index is 1.64. The summed E-state index contributed by atoms with van der Waals surface area (Å²) in [4.78, 5) is 9.60. The Bertz CT molecular complexity index is 784. The number of hydrogen-bond donors (Lipinski definition) is 0. The molecule has 0 amide bonds. The van der Waals surface area contributed by atoms with Crippen LogP contribution in [0.4, 0.5) is 0 Å². The van der Waals surface area contributed by atoms with Gasteiger partial charge >= 0.3 is 0 Å². The molecule has 1 saturated carbocycles. The van der Waals surface area contributed by atoms with Gasteiger partial charge in [0.15, 0.2) is 0 Å². The van der Waals surface area contributed by atoms with Crippen LogP contribution in [0.15, 0.2) is 58.5 Å². The molecule has 0 saturated heterocycles. The molecule has 0 aliphatic heterocycles. The maximum atomic E-state index is 5.67. The molecule has 3 unspecified atom stereocenters. The fourth-order valence-electron chi connectivity index (χ4n) is 3.42. The quantitative estimate of drug-likeness (QED) is 0.677. The Morgan fingerprint density at radius 3 is 1.79 bits per heavy atom. The summed E-state index contributed by atoms with van der Waals surface area (Å²) in [6, 6.07) is 16.2. The van der Waals surface area contributed by atoms with E-state index in [4.69, 9.17) is 24.2 Å². The van der Waals surface area contributed by atoms with Crippen LogP contribution in [0.25, 0.3) is 0 Å². The van der Waals surface area contributed by atoms with Crippen molar-refractivity contribution in [1.29, 1.82) is 0 Å². The van der Waals surface area contributed by atoms with Crippen molar-refractivity contribution in [3.63, 3.8) is 0 Å². The van der Waals surface area contributed by atoms with E-state index < -0.39 is 0 Å². The molecule has 0 spiro atoms. The lowest BCUT2D eigenvalue weighted by Crippen LogP contribution is -2.35. The number of ether oxygens (including phenoxy) is 3. The molecule has 3 rings (SSSR count).